The molecule has 0 saturated carbocycles. The quantitative estimate of drug-likeness (QED) is 0.578. The highest BCUT2D eigenvalue weighted by molar-refractivity contribution is 5.85. The molecule has 0 aromatic rings. The average molecular weight is 329 g/mol. The summed E-state index contributed by atoms with van der Waals surface area (Å²) in [5.41, 5.74) is -0.553. The van der Waals surface area contributed by atoms with Gasteiger partial charge in [-0.25, -0.2) is 4.79 Å². The lowest BCUT2D eigenvalue weighted by atomic mass is 9.96. The predicted molar refractivity (Wildman–Crippen MR) is 84.6 cm³/mol. The molecule has 0 heterocycles. The van der Waals surface area contributed by atoms with E-state index in [1.807, 2.05) is 0 Å². The number of nitrogens with one attached hydrogen (secondary N) is 2. The number of carboxylic acid groups (broad SMARTS) is 1. The third kappa shape index (κ3) is 8.18. The van der Waals surface area contributed by atoms with Crippen LogP contribution in [0, 0.1) is 5.41 Å². The van der Waals surface area contributed by atoms with Crippen molar-refractivity contribution in [3.05, 3.63) is 0 Å². The van der Waals surface area contributed by atoms with E-state index in [2.05, 4.69) is 10.6 Å². The van der Waals surface area contributed by atoms with E-state index in [9.17, 15) is 19.2 Å². The SMILES string of the molecule is CC(=O)NCCN(C(=O)CCNC(=O)C(C)(C)C)C(C)C(=O)O. The lowest BCUT2D eigenvalue weighted by molar-refractivity contribution is -0.149. The van der Waals surface area contributed by atoms with Crippen molar-refractivity contribution >= 4 is 23.7 Å². The zero-order valence-corrected chi connectivity index (χ0v) is 14.4. The topological polar surface area (TPSA) is 116 Å². The van der Waals surface area contributed by atoms with Crippen LogP contribution >= 0.6 is 0 Å². The van der Waals surface area contributed by atoms with Crippen molar-refractivity contribution < 1.29 is 24.3 Å². The average Bonchev–Trinajstić information content (AvgIpc) is 2.41. The second kappa shape index (κ2) is 9.12. The van der Waals surface area contributed by atoms with E-state index in [1.54, 1.807) is 20.8 Å². The molecule has 0 fully saturated rings. The molecule has 0 bridgehead atoms. The van der Waals surface area contributed by atoms with Crippen molar-refractivity contribution in [1.82, 2.24) is 15.5 Å². The van der Waals surface area contributed by atoms with Crippen LogP contribution in [0.5, 0.6) is 0 Å². The molecule has 8 heteroatoms. The third-order valence-electron chi connectivity index (χ3n) is 3.18. The number of carbonyl (C=O) groups is 4. The minimum atomic E-state index is -1.13. The first-order valence-electron chi connectivity index (χ1n) is 7.51. The van der Waals surface area contributed by atoms with Crippen LogP contribution in [0.25, 0.3) is 0 Å². The molecule has 0 radical (unpaired) electrons. The van der Waals surface area contributed by atoms with Gasteiger partial charge < -0.3 is 20.6 Å². The van der Waals surface area contributed by atoms with Crippen LogP contribution in [0.15, 0.2) is 0 Å². The maximum absolute atomic E-state index is 12.2. The van der Waals surface area contributed by atoms with Gasteiger partial charge in [-0.1, -0.05) is 20.8 Å². The molecule has 0 rings (SSSR count). The van der Waals surface area contributed by atoms with Crippen LogP contribution < -0.4 is 10.6 Å². The Morgan fingerprint density at radius 3 is 2.09 bits per heavy atom. The number of carboxylic acids is 1. The minimum Gasteiger partial charge on any atom is -0.480 e. The Hall–Kier alpha value is -2.12. The van der Waals surface area contributed by atoms with E-state index in [4.69, 9.17) is 5.11 Å². The summed E-state index contributed by atoms with van der Waals surface area (Å²) in [6.45, 7) is 8.43. The maximum atomic E-state index is 12.2. The van der Waals surface area contributed by atoms with Crippen LogP contribution in [-0.2, 0) is 19.2 Å². The van der Waals surface area contributed by atoms with Gasteiger partial charge in [-0.2, -0.15) is 0 Å². The molecule has 0 spiro atoms. The number of nitrogens with zero attached hydrogens (tertiary/aromatic N) is 1. The van der Waals surface area contributed by atoms with Gasteiger partial charge in [-0.05, 0) is 6.92 Å². The second-order valence-corrected chi connectivity index (χ2v) is 6.34. The molecule has 1 unspecified atom stereocenters. The van der Waals surface area contributed by atoms with Crippen molar-refractivity contribution in [3.63, 3.8) is 0 Å². The first-order valence-corrected chi connectivity index (χ1v) is 7.51. The van der Waals surface area contributed by atoms with E-state index in [0.29, 0.717) is 0 Å². The van der Waals surface area contributed by atoms with Gasteiger partial charge in [0.1, 0.15) is 6.04 Å². The summed E-state index contributed by atoms with van der Waals surface area (Å²) in [5.74, 6) is -1.95. The molecule has 1 atom stereocenters. The Labute approximate surface area is 136 Å². The van der Waals surface area contributed by atoms with Crippen molar-refractivity contribution in [2.24, 2.45) is 5.41 Å². The van der Waals surface area contributed by atoms with Gasteiger partial charge in [-0.15, -0.1) is 0 Å². The number of hydrogen-bond donors (Lipinski definition) is 3. The van der Waals surface area contributed by atoms with Gasteiger partial charge in [-0.3, -0.25) is 14.4 Å². The van der Waals surface area contributed by atoms with E-state index in [0.717, 1.165) is 0 Å². The zero-order valence-electron chi connectivity index (χ0n) is 14.4. The standard InChI is InChI=1S/C15H27N3O5/c1-10(13(21)22)18(9-8-16-11(2)19)12(20)6-7-17-14(23)15(3,4)5/h10H,6-9H2,1-5H3,(H,16,19)(H,17,23)(H,21,22). The van der Waals surface area contributed by atoms with E-state index < -0.39 is 17.4 Å². The van der Waals surface area contributed by atoms with Crippen LogP contribution in [0.1, 0.15) is 41.0 Å². The maximum Gasteiger partial charge on any atom is 0.326 e. The van der Waals surface area contributed by atoms with Crippen LogP contribution in [0.4, 0.5) is 0 Å². The van der Waals surface area contributed by atoms with Gasteiger partial charge in [0.05, 0.1) is 0 Å². The number of hydrogen-bond acceptors (Lipinski definition) is 4. The number of aliphatic carboxylic acids is 1. The fraction of sp³-hybridized carbons (Fsp3) is 0.733. The summed E-state index contributed by atoms with van der Waals surface area (Å²) in [5, 5.41) is 14.2. The highest BCUT2D eigenvalue weighted by Gasteiger charge is 2.26. The van der Waals surface area contributed by atoms with Crippen LogP contribution in [0.2, 0.25) is 0 Å². The number of carbonyl (C=O) groups excluding carboxylic acids is 3. The summed E-state index contributed by atoms with van der Waals surface area (Å²) in [6.07, 6.45) is -0.000485. The molecule has 3 N–H and O–H groups in total. The summed E-state index contributed by atoms with van der Waals surface area (Å²) in [4.78, 5) is 47.1. The lowest BCUT2D eigenvalue weighted by Gasteiger charge is -2.27. The summed E-state index contributed by atoms with van der Waals surface area (Å²) in [6, 6.07) is -1.01. The Bertz CT molecular complexity index is 457. The van der Waals surface area contributed by atoms with Gasteiger partial charge in [0.2, 0.25) is 17.7 Å². The van der Waals surface area contributed by atoms with Gasteiger partial charge in [0, 0.05) is 38.4 Å². The molecular formula is C15H27N3O5. The monoisotopic (exact) mass is 329 g/mol. The van der Waals surface area contributed by atoms with E-state index in [-0.39, 0.29) is 43.8 Å². The summed E-state index contributed by atoms with van der Waals surface area (Å²) in [7, 11) is 0. The molecule has 3 amide bonds. The Balaban J connectivity index is 4.58. The molecule has 0 aromatic carbocycles. The Morgan fingerprint density at radius 2 is 1.65 bits per heavy atom. The summed E-state index contributed by atoms with van der Waals surface area (Å²) >= 11 is 0. The molecule has 132 valence electrons. The predicted octanol–water partition coefficient (Wildman–Crippen LogP) is -0.0234. The van der Waals surface area contributed by atoms with Crippen molar-refractivity contribution in [3.8, 4) is 0 Å². The summed E-state index contributed by atoms with van der Waals surface area (Å²) < 4.78 is 0. The number of rotatable bonds is 8. The van der Waals surface area contributed by atoms with E-state index >= 15 is 0 Å². The zero-order chi connectivity index (χ0) is 18.2. The highest BCUT2D eigenvalue weighted by Crippen LogP contribution is 2.12. The van der Waals surface area contributed by atoms with Gasteiger partial charge in [0.25, 0.3) is 0 Å². The molecule has 0 saturated heterocycles. The molecule has 8 nitrogen and oxygen atoms in total. The van der Waals surface area contributed by atoms with Crippen LogP contribution in [0.3, 0.4) is 0 Å². The smallest absolute Gasteiger partial charge is 0.326 e. The van der Waals surface area contributed by atoms with Crippen molar-refractivity contribution in [2.45, 2.75) is 47.1 Å². The molecule has 0 aliphatic rings. The minimum absolute atomic E-state index is 0.000485. The Kier molecular flexibility index (Phi) is 8.28. The number of amides is 3. The Morgan fingerprint density at radius 1 is 1.09 bits per heavy atom. The molecular weight excluding hydrogens is 302 g/mol. The van der Waals surface area contributed by atoms with Gasteiger partial charge in [0.15, 0.2) is 0 Å². The molecule has 0 aromatic heterocycles. The first-order chi connectivity index (χ1) is 10.5. The van der Waals surface area contributed by atoms with E-state index in [1.165, 1.54) is 18.7 Å². The molecule has 23 heavy (non-hydrogen) atoms. The highest BCUT2D eigenvalue weighted by atomic mass is 16.4. The largest absolute Gasteiger partial charge is 0.480 e. The van der Waals surface area contributed by atoms with Gasteiger partial charge >= 0.3 is 5.97 Å². The fourth-order valence-corrected chi connectivity index (χ4v) is 1.71. The third-order valence-corrected chi connectivity index (χ3v) is 3.18. The first kappa shape index (κ1) is 20.9. The van der Waals surface area contributed by atoms with Crippen LogP contribution in [-0.4, -0.2) is 59.4 Å². The molecule has 0 aliphatic heterocycles. The second-order valence-electron chi connectivity index (χ2n) is 6.34. The van der Waals surface area contributed by atoms with Crippen molar-refractivity contribution in [1.29, 1.82) is 0 Å². The molecule has 0 aliphatic carbocycles. The lowest BCUT2D eigenvalue weighted by Crippen LogP contribution is -2.47. The normalized spacial score (nSPS) is 12.2. The fourth-order valence-electron chi connectivity index (χ4n) is 1.71. The van der Waals surface area contributed by atoms with Crippen molar-refractivity contribution in [2.75, 3.05) is 19.6 Å².